The van der Waals surface area contributed by atoms with E-state index >= 15 is 0 Å². The van der Waals surface area contributed by atoms with Gasteiger partial charge in [0, 0.05) is 25.0 Å². The second-order valence-electron chi connectivity index (χ2n) is 3.10. The molecule has 1 aromatic heterocycles. The Balaban J connectivity index is 2.53. The van der Waals surface area contributed by atoms with Crippen LogP contribution >= 0.6 is 0 Å². The van der Waals surface area contributed by atoms with Crippen molar-refractivity contribution in [3.05, 3.63) is 24.0 Å². The van der Waals surface area contributed by atoms with E-state index in [0.717, 1.165) is 13.0 Å². The zero-order valence-electron chi connectivity index (χ0n) is 8.36. The highest BCUT2D eigenvalue weighted by molar-refractivity contribution is 5.14. The molecule has 0 saturated carbocycles. The fourth-order valence-corrected chi connectivity index (χ4v) is 1.19. The summed E-state index contributed by atoms with van der Waals surface area (Å²) in [5.41, 5.74) is 7.06. The van der Waals surface area contributed by atoms with E-state index in [0.29, 0.717) is 6.73 Å². The van der Waals surface area contributed by atoms with Crippen LogP contribution in [0.5, 0.6) is 0 Å². The number of nitrogens with zero attached hydrogens (tertiary/aromatic N) is 1. The highest BCUT2D eigenvalue weighted by Crippen LogP contribution is 2.13. The first-order valence-corrected chi connectivity index (χ1v) is 4.77. The first-order valence-electron chi connectivity index (χ1n) is 4.77. The van der Waals surface area contributed by atoms with E-state index in [4.69, 9.17) is 10.5 Å². The van der Waals surface area contributed by atoms with Gasteiger partial charge in [-0.15, -0.1) is 0 Å². The minimum Gasteiger partial charge on any atom is -0.361 e. The lowest BCUT2D eigenvalue weighted by atomic mass is 10.1. The van der Waals surface area contributed by atoms with Crippen molar-refractivity contribution in [2.24, 2.45) is 5.73 Å². The van der Waals surface area contributed by atoms with Crippen LogP contribution in [0.25, 0.3) is 0 Å². The number of rotatable bonds is 5. The SMILES string of the molecule is CCOCn1ccc(C(N)CC)c1. The maximum atomic E-state index is 5.88. The van der Waals surface area contributed by atoms with Gasteiger partial charge in [0.2, 0.25) is 0 Å². The first-order chi connectivity index (χ1) is 6.27. The molecule has 0 bridgehead atoms. The lowest BCUT2D eigenvalue weighted by molar-refractivity contribution is 0.0880. The van der Waals surface area contributed by atoms with E-state index in [2.05, 4.69) is 6.92 Å². The minimum atomic E-state index is 0.155. The summed E-state index contributed by atoms with van der Waals surface area (Å²) in [6.07, 6.45) is 5.02. The normalized spacial score (nSPS) is 13.2. The van der Waals surface area contributed by atoms with E-state index in [1.165, 1.54) is 5.56 Å². The van der Waals surface area contributed by atoms with Gasteiger partial charge in [0.05, 0.1) is 0 Å². The molecule has 0 aromatic carbocycles. The predicted octanol–water partition coefficient (Wildman–Crippen LogP) is 1.89. The molecule has 0 aliphatic rings. The van der Waals surface area contributed by atoms with Crippen molar-refractivity contribution in [1.82, 2.24) is 4.57 Å². The maximum Gasteiger partial charge on any atom is 0.122 e. The van der Waals surface area contributed by atoms with Crippen LogP contribution in [0.3, 0.4) is 0 Å². The van der Waals surface area contributed by atoms with Crippen molar-refractivity contribution in [3.63, 3.8) is 0 Å². The second kappa shape index (κ2) is 5.04. The fraction of sp³-hybridized carbons (Fsp3) is 0.600. The number of ether oxygens (including phenoxy) is 1. The summed E-state index contributed by atoms with van der Waals surface area (Å²) in [5, 5.41) is 0. The Hall–Kier alpha value is -0.800. The zero-order valence-corrected chi connectivity index (χ0v) is 8.36. The van der Waals surface area contributed by atoms with Gasteiger partial charge < -0.3 is 15.0 Å². The Morgan fingerprint density at radius 2 is 2.31 bits per heavy atom. The summed E-state index contributed by atoms with van der Waals surface area (Å²) in [6, 6.07) is 2.20. The van der Waals surface area contributed by atoms with Gasteiger partial charge in [0.1, 0.15) is 6.73 Å². The van der Waals surface area contributed by atoms with Crippen molar-refractivity contribution >= 4 is 0 Å². The van der Waals surface area contributed by atoms with Gasteiger partial charge in [-0.3, -0.25) is 0 Å². The molecule has 0 spiro atoms. The van der Waals surface area contributed by atoms with Gasteiger partial charge in [-0.2, -0.15) is 0 Å². The Bertz CT molecular complexity index is 245. The van der Waals surface area contributed by atoms with Crippen molar-refractivity contribution in [2.75, 3.05) is 6.61 Å². The average molecular weight is 182 g/mol. The number of hydrogen-bond donors (Lipinski definition) is 1. The smallest absolute Gasteiger partial charge is 0.122 e. The zero-order chi connectivity index (χ0) is 9.68. The van der Waals surface area contributed by atoms with Gasteiger partial charge in [0.15, 0.2) is 0 Å². The van der Waals surface area contributed by atoms with Crippen LogP contribution < -0.4 is 5.73 Å². The van der Waals surface area contributed by atoms with E-state index < -0.39 is 0 Å². The molecular formula is C10H18N2O. The molecule has 0 amide bonds. The predicted molar refractivity (Wildman–Crippen MR) is 53.3 cm³/mol. The van der Waals surface area contributed by atoms with Crippen molar-refractivity contribution < 1.29 is 4.74 Å². The molecule has 1 atom stereocenters. The highest BCUT2D eigenvalue weighted by Gasteiger charge is 2.04. The molecule has 1 rings (SSSR count). The summed E-state index contributed by atoms with van der Waals surface area (Å²) in [5.74, 6) is 0. The second-order valence-corrected chi connectivity index (χ2v) is 3.10. The van der Waals surface area contributed by atoms with Crippen LogP contribution in [0, 0.1) is 0 Å². The molecule has 0 saturated heterocycles. The maximum absolute atomic E-state index is 5.88. The molecule has 0 fully saturated rings. The minimum absolute atomic E-state index is 0.155. The molecule has 1 aromatic rings. The van der Waals surface area contributed by atoms with Crippen molar-refractivity contribution in [2.45, 2.75) is 33.0 Å². The highest BCUT2D eigenvalue weighted by atomic mass is 16.5. The standard InChI is InChI=1S/C10H18N2O/c1-3-10(11)9-5-6-12(7-9)8-13-4-2/h5-7,10H,3-4,8,11H2,1-2H3. The Morgan fingerprint density at radius 3 is 2.92 bits per heavy atom. The van der Waals surface area contributed by atoms with Crippen LogP contribution in [-0.2, 0) is 11.5 Å². The third kappa shape index (κ3) is 2.86. The largest absolute Gasteiger partial charge is 0.361 e. The molecule has 0 aliphatic carbocycles. The molecule has 3 nitrogen and oxygen atoms in total. The van der Waals surface area contributed by atoms with Crippen LogP contribution in [0.1, 0.15) is 31.9 Å². The van der Waals surface area contributed by atoms with Gasteiger partial charge in [-0.25, -0.2) is 0 Å². The van der Waals surface area contributed by atoms with Gasteiger partial charge >= 0.3 is 0 Å². The fourth-order valence-electron chi connectivity index (χ4n) is 1.19. The number of aromatic nitrogens is 1. The van der Waals surface area contributed by atoms with Crippen LogP contribution in [0.2, 0.25) is 0 Å². The van der Waals surface area contributed by atoms with E-state index in [-0.39, 0.29) is 6.04 Å². The van der Waals surface area contributed by atoms with E-state index in [1.54, 1.807) is 0 Å². The topological polar surface area (TPSA) is 40.2 Å². The Labute approximate surface area is 79.5 Å². The van der Waals surface area contributed by atoms with Crippen molar-refractivity contribution in [1.29, 1.82) is 0 Å². The molecule has 3 heteroatoms. The van der Waals surface area contributed by atoms with E-state index in [1.807, 2.05) is 30.0 Å². The monoisotopic (exact) mass is 182 g/mol. The summed E-state index contributed by atoms with van der Waals surface area (Å²) in [6.45, 7) is 5.44. The molecular weight excluding hydrogens is 164 g/mol. The van der Waals surface area contributed by atoms with Gasteiger partial charge in [0.25, 0.3) is 0 Å². The third-order valence-electron chi connectivity index (χ3n) is 2.09. The lowest BCUT2D eigenvalue weighted by Gasteiger charge is -2.05. The molecule has 1 heterocycles. The number of hydrogen-bond acceptors (Lipinski definition) is 2. The lowest BCUT2D eigenvalue weighted by Crippen LogP contribution is -2.07. The van der Waals surface area contributed by atoms with E-state index in [9.17, 15) is 0 Å². The quantitative estimate of drug-likeness (QED) is 0.755. The molecule has 74 valence electrons. The molecule has 13 heavy (non-hydrogen) atoms. The third-order valence-corrected chi connectivity index (χ3v) is 2.09. The summed E-state index contributed by atoms with van der Waals surface area (Å²) < 4.78 is 7.28. The summed E-state index contributed by atoms with van der Waals surface area (Å²) >= 11 is 0. The summed E-state index contributed by atoms with van der Waals surface area (Å²) in [4.78, 5) is 0. The molecule has 2 N–H and O–H groups in total. The first kappa shape index (κ1) is 10.3. The molecule has 0 aliphatic heterocycles. The summed E-state index contributed by atoms with van der Waals surface area (Å²) in [7, 11) is 0. The van der Waals surface area contributed by atoms with Crippen LogP contribution in [0.15, 0.2) is 18.5 Å². The van der Waals surface area contributed by atoms with Gasteiger partial charge in [-0.1, -0.05) is 6.92 Å². The Morgan fingerprint density at radius 1 is 1.54 bits per heavy atom. The van der Waals surface area contributed by atoms with Gasteiger partial charge in [-0.05, 0) is 25.0 Å². The van der Waals surface area contributed by atoms with Crippen LogP contribution in [-0.4, -0.2) is 11.2 Å². The molecule has 1 unspecified atom stereocenters. The van der Waals surface area contributed by atoms with Crippen LogP contribution in [0.4, 0.5) is 0 Å². The Kier molecular flexibility index (Phi) is 3.99. The number of nitrogens with two attached hydrogens (primary N) is 1. The molecule has 0 radical (unpaired) electrons. The average Bonchev–Trinajstić information content (AvgIpc) is 2.62. The van der Waals surface area contributed by atoms with Crippen molar-refractivity contribution in [3.8, 4) is 0 Å².